The molecule has 1 N–H and O–H groups in total. The lowest BCUT2D eigenvalue weighted by molar-refractivity contribution is 0.399. The summed E-state index contributed by atoms with van der Waals surface area (Å²) in [5.74, 6) is 1.03. The summed E-state index contributed by atoms with van der Waals surface area (Å²) in [6.07, 6.45) is 7.17. The highest BCUT2D eigenvalue weighted by Crippen LogP contribution is 2.48. The topological polar surface area (TPSA) is 12.0 Å². The SMILES string of the molecule is CCCC1CCNC12CC2. The van der Waals surface area contributed by atoms with Gasteiger partial charge in [-0.25, -0.2) is 0 Å². The maximum Gasteiger partial charge on any atom is 0.0211 e. The van der Waals surface area contributed by atoms with E-state index >= 15 is 0 Å². The molecule has 1 atom stereocenters. The summed E-state index contributed by atoms with van der Waals surface area (Å²) in [6.45, 7) is 3.58. The molecule has 0 bridgehead atoms. The van der Waals surface area contributed by atoms with Gasteiger partial charge in [0.05, 0.1) is 0 Å². The lowest BCUT2D eigenvalue weighted by Gasteiger charge is -2.16. The summed E-state index contributed by atoms with van der Waals surface area (Å²) in [5, 5.41) is 3.64. The quantitative estimate of drug-likeness (QED) is 0.616. The first kappa shape index (κ1) is 6.66. The predicted octanol–water partition coefficient (Wildman–Crippen LogP) is 1.93. The number of hydrogen-bond acceptors (Lipinski definition) is 1. The van der Waals surface area contributed by atoms with Crippen LogP contribution >= 0.6 is 0 Å². The van der Waals surface area contributed by atoms with Crippen molar-refractivity contribution in [3.05, 3.63) is 0 Å². The maximum atomic E-state index is 3.64. The Morgan fingerprint density at radius 2 is 2.30 bits per heavy atom. The lowest BCUT2D eigenvalue weighted by Crippen LogP contribution is -2.28. The van der Waals surface area contributed by atoms with Gasteiger partial charge in [-0.3, -0.25) is 0 Å². The summed E-state index contributed by atoms with van der Waals surface area (Å²) in [6, 6.07) is 0. The zero-order valence-corrected chi connectivity index (χ0v) is 6.82. The van der Waals surface area contributed by atoms with E-state index in [2.05, 4.69) is 12.2 Å². The van der Waals surface area contributed by atoms with Gasteiger partial charge in [-0.05, 0) is 38.1 Å². The smallest absolute Gasteiger partial charge is 0.0211 e. The van der Waals surface area contributed by atoms with E-state index in [0.29, 0.717) is 5.54 Å². The Morgan fingerprint density at radius 1 is 1.50 bits per heavy atom. The minimum Gasteiger partial charge on any atom is -0.311 e. The molecule has 58 valence electrons. The molecule has 0 aromatic rings. The van der Waals surface area contributed by atoms with E-state index in [1.165, 1.54) is 38.6 Å². The van der Waals surface area contributed by atoms with Gasteiger partial charge in [-0.2, -0.15) is 0 Å². The third-order valence-corrected chi connectivity index (χ3v) is 3.18. The molecule has 1 aliphatic carbocycles. The van der Waals surface area contributed by atoms with Crippen LogP contribution in [-0.4, -0.2) is 12.1 Å². The Morgan fingerprint density at radius 3 is 2.90 bits per heavy atom. The number of rotatable bonds is 2. The Kier molecular flexibility index (Phi) is 1.48. The molecule has 2 aliphatic rings. The highest BCUT2D eigenvalue weighted by Gasteiger charge is 2.50. The third kappa shape index (κ3) is 0.878. The average molecular weight is 139 g/mol. The standard InChI is InChI=1S/C9H17N/c1-2-3-8-4-7-10-9(8)5-6-9/h8,10H,2-7H2,1H3. The highest BCUT2D eigenvalue weighted by molar-refractivity contribution is 5.10. The van der Waals surface area contributed by atoms with E-state index < -0.39 is 0 Å². The van der Waals surface area contributed by atoms with Crippen LogP contribution in [0.3, 0.4) is 0 Å². The van der Waals surface area contributed by atoms with Crippen molar-refractivity contribution in [2.75, 3.05) is 6.54 Å². The van der Waals surface area contributed by atoms with Gasteiger partial charge in [-0.1, -0.05) is 13.3 Å². The molecule has 1 unspecified atom stereocenters. The van der Waals surface area contributed by atoms with Gasteiger partial charge < -0.3 is 5.32 Å². The summed E-state index contributed by atoms with van der Waals surface area (Å²) >= 11 is 0. The van der Waals surface area contributed by atoms with Gasteiger partial charge in [0.25, 0.3) is 0 Å². The van der Waals surface area contributed by atoms with Crippen LogP contribution in [0.1, 0.15) is 39.0 Å². The molecule has 1 saturated heterocycles. The minimum absolute atomic E-state index is 0.663. The van der Waals surface area contributed by atoms with Gasteiger partial charge in [-0.15, -0.1) is 0 Å². The fourth-order valence-corrected chi connectivity index (χ4v) is 2.40. The number of nitrogens with one attached hydrogen (secondary N) is 1. The van der Waals surface area contributed by atoms with E-state index in [0.717, 1.165) is 5.92 Å². The summed E-state index contributed by atoms with van der Waals surface area (Å²) in [5.41, 5.74) is 0.663. The summed E-state index contributed by atoms with van der Waals surface area (Å²) < 4.78 is 0. The molecule has 0 radical (unpaired) electrons. The molecule has 0 aromatic carbocycles. The van der Waals surface area contributed by atoms with Crippen LogP contribution in [0.5, 0.6) is 0 Å². The second-order valence-corrected chi connectivity index (χ2v) is 3.86. The molecule has 0 aromatic heterocycles. The molecule has 0 amide bonds. The summed E-state index contributed by atoms with van der Waals surface area (Å²) in [4.78, 5) is 0. The fraction of sp³-hybridized carbons (Fsp3) is 1.00. The molecule has 1 nitrogen and oxygen atoms in total. The fourth-order valence-electron chi connectivity index (χ4n) is 2.40. The highest BCUT2D eigenvalue weighted by atomic mass is 15.1. The van der Waals surface area contributed by atoms with Crippen molar-refractivity contribution < 1.29 is 0 Å². The molecule has 2 rings (SSSR count). The van der Waals surface area contributed by atoms with Gasteiger partial charge in [0.15, 0.2) is 0 Å². The van der Waals surface area contributed by atoms with Gasteiger partial charge in [0, 0.05) is 5.54 Å². The van der Waals surface area contributed by atoms with Crippen LogP contribution in [-0.2, 0) is 0 Å². The van der Waals surface area contributed by atoms with Crippen molar-refractivity contribution >= 4 is 0 Å². The van der Waals surface area contributed by atoms with E-state index in [4.69, 9.17) is 0 Å². The molecule has 1 aliphatic heterocycles. The second-order valence-electron chi connectivity index (χ2n) is 3.86. The van der Waals surface area contributed by atoms with Crippen molar-refractivity contribution in [1.82, 2.24) is 5.32 Å². The van der Waals surface area contributed by atoms with Crippen molar-refractivity contribution in [1.29, 1.82) is 0 Å². The molecule has 10 heavy (non-hydrogen) atoms. The van der Waals surface area contributed by atoms with Crippen LogP contribution in [0, 0.1) is 5.92 Å². The van der Waals surface area contributed by atoms with Crippen LogP contribution in [0.15, 0.2) is 0 Å². The van der Waals surface area contributed by atoms with Crippen LogP contribution in [0.25, 0.3) is 0 Å². The Hall–Kier alpha value is -0.0400. The van der Waals surface area contributed by atoms with E-state index in [9.17, 15) is 0 Å². The first-order chi connectivity index (χ1) is 4.87. The largest absolute Gasteiger partial charge is 0.311 e. The Bertz CT molecular complexity index is 127. The zero-order chi connectivity index (χ0) is 7.03. The Balaban J connectivity index is 1.94. The van der Waals surface area contributed by atoms with E-state index in [1.54, 1.807) is 0 Å². The monoisotopic (exact) mass is 139 g/mol. The third-order valence-electron chi connectivity index (χ3n) is 3.18. The normalized spacial score (nSPS) is 35.1. The van der Waals surface area contributed by atoms with Gasteiger partial charge in [0.1, 0.15) is 0 Å². The summed E-state index contributed by atoms with van der Waals surface area (Å²) in [7, 11) is 0. The molecule has 1 heteroatoms. The van der Waals surface area contributed by atoms with Gasteiger partial charge >= 0.3 is 0 Å². The number of hydrogen-bond donors (Lipinski definition) is 1. The van der Waals surface area contributed by atoms with E-state index in [-0.39, 0.29) is 0 Å². The van der Waals surface area contributed by atoms with E-state index in [1.807, 2.05) is 0 Å². The average Bonchev–Trinajstić information content (AvgIpc) is 2.57. The maximum absolute atomic E-state index is 3.64. The van der Waals surface area contributed by atoms with Crippen molar-refractivity contribution in [2.24, 2.45) is 5.92 Å². The minimum atomic E-state index is 0.663. The van der Waals surface area contributed by atoms with Gasteiger partial charge in [0.2, 0.25) is 0 Å². The van der Waals surface area contributed by atoms with Crippen molar-refractivity contribution in [3.63, 3.8) is 0 Å². The molecular weight excluding hydrogens is 122 g/mol. The van der Waals surface area contributed by atoms with Crippen LogP contribution in [0.4, 0.5) is 0 Å². The predicted molar refractivity (Wildman–Crippen MR) is 43.0 cm³/mol. The first-order valence-electron chi connectivity index (χ1n) is 4.62. The molecule has 2 fully saturated rings. The first-order valence-corrected chi connectivity index (χ1v) is 4.62. The lowest BCUT2D eigenvalue weighted by atomic mass is 9.94. The van der Waals surface area contributed by atoms with Crippen LogP contribution < -0.4 is 5.32 Å². The molecule has 1 spiro atoms. The van der Waals surface area contributed by atoms with Crippen molar-refractivity contribution in [2.45, 2.75) is 44.6 Å². The van der Waals surface area contributed by atoms with Crippen LogP contribution in [0.2, 0.25) is 0 Å². The second kappa shape index (κ2) is 2.23. The molecule has 1 heterocycles. The molecular formula is C9H17N. The van der Waals surface area contributed by atoms with Crippen molar-refractivity contribution in [3.8, 4) is 0 Å². The molecule has 1 saturated carbocycles. The zero-order valence-electron chi connectivity index (χ0n) is 6.82. The Labute approximate surface area is 63.2 Å².